The van der Waals surface area contributed by atoms with Gasteiger partial charge in [0.25, 0.3) is 0 Å². The third-order valence-electron chi connectivity index (χ3n) is 3.11. The van der Waals surface area contributed by atoms with Crippen LogP contribution in [0.25, 0.3) is 0 Å². The standard InChI is InChI=1S/C9H16N2O2/c12-9(13)1-2-11-5-7-3-10-4-8(7)6-11/h7-8,10H,1-6H2,(H,12,13). The molecule has 0 amide bonds. The number of hydrogen-bond acceptors (Lipinski definition) is 3. The lowest BCUT2D eigenvalue weighted by atomic mass is 10.0. The van der Waals surface area contributed by atoms with Crippen LogP contribution < -0.4 is 5.32 Å². The third kappa shape index (κ3) is 2.00. The van der Waals surface area contributed by atoms with Gasteiger partial charge < -0.3 is 15.3 Å². The normalized spacial score (nSPS) is 33.5. The summed E-state index contributed by atoms with van der Waals surface area (Å²) in [6.07, 6.45) is 0.285. The Morgan fingerprint density at radius 1 is 1.38 bits per heavy atom. The summed E-state index contributed by atoms with van der Waals surface area (Å²) in [6, 6.07) is 0. The monoisotopic (exact) mass is 184 g/mol. The highest BCUT2D eigenvalue weighted by atomic mass is 16.4. The zero-order valence-corrected chi connectivity index (χ0v) is 7.70. The molecule has 0 aromatic rings. The smallest absolute Gasteiger partial charge is 0.304 e. The van der Waals surface area contributed by atoms with Gasteiger partial charge in [-0.3, -0.25) is 4.79 Å². The van der Waals surface area contributed by atoms with Gasteiger partial charge in [0.15, 0.2) is 0 Å². The molecule has 0 spiro atoms. The number of aliphatic carboxylic acids is 1. The highest BCUT2D eigenvalue weighted by molar-refractivity contribution is 5.66. The SMILES string of the molecule is O=C(O)CCN1CC2CNCC2C1. The van der Waals surface area contributed by atoms with Gasteiger partial charge in [-0.15, -0.1) is 0 Å². The van der Waals surface area contributed by atoms with Crippen LogP contribution >= 0.6 is 0 Å². The molecule has 2 fully saturated rings. The van der Waals surface area contributed by atoms with E-state index in [1.807, 2.05) is 0 Å². The first-order valence-electron chi connectivity index (χ1n) is 4.90. The maximum Gasteiger partial charge on any atom is 0.304 e. The Kier molecular flexibility index (Phi) is 2.51. The first-order chi connectivity index (χ1) is 6.25. The summed E-state index contributed by atoms with van der Waals surface area (Å²) in [5.74, 6) is 0.859. The molecule has 2 aliphatic heterocycles. The highest BCUT2D eigenvalue weighted by Crippen LogP contribution is 2.25. The maximum atomic E-state index is 10.4. The lowest BCUT2D eigenvalue weighted by molar-refractivity contribution is -0.137. The molecule has 2 saturated heterocycles. The second-order valence-corrected chi connectivity index (χ2v) is 4.08. The molecule has 0 aromatic carbocycles. The summed E-state index contributed by atoms with van der Waals surface area (Å²) in [4.78, 5) is 12.6. The maximum absolute atomic E-state index is 10.4. The Labute approximate surface area is 77.9 Å². The summed E-state index contributed by atoms with van der Waals surface area (Å²) in [5, 5.41) is 11.9. The van der Waals surface area contributed by atoms with E-state index in [1.165, 1.54) is 0 Å². The number of fused-ring (bicyclic) bond motifs is 1. The van der Waals surface area contributed by atoms with Gasteiger partial charge in [0.05, 0.1) is 6.42 Å². The molecule has 0 aromatic heterocycles. The minimum absolute atomic E-state index is 0.285. The van der Waals surface area contributed by atoms with Crippen LogP contribution in [0, 0.1) is 11.8 Å². The molecule has 4 heteroatoms. The van der Waals surface area contributed by atoms with Crippen molar-refractivity contribution in [2.45, 2.75) is 6.42 Å². The molecule has 2 atom stereocenters. The molecule has 2 unspecified atom stereocenters. The molecule has 0 aliphatic carbocycles. The summed E-state index contributed by atoms with van der Waals surface area (Å²) < 4.78 is 0. The number of hydrogen-bond donors (Lipinski definition) is 2. The molecule has 0 radical (unpaired) electrons. The molecule has 74 valence electrons. The van der Waals surface area contributed by atoms with Gasteiger partial charge in [0.1, 0.15) is 0 Å². The average Bonchev–Trinajstić information content (AvgIpc) is 2.58. The van der Waals surface area contributed by atoms with E-state index >= 15 is 0 Å². The van der Waals surface area contributed by atoms with Gasteiger partial charge in [-0.25, -0.2) is 0 Å². The first kappa shape index (κ1) is 8.97. The van der Waals surface area contributed by atoms with Crippen LogP contribution in [-0.4, -0.2) is 48.7 Å². The molecule has 2 N–H and O–H groups in total. The molecular formula is C9H16N2O2. The van der Waals surface area contributed by atoms with Crippen molar-refractivity contribution < 1.29 is 9.90 Å². The summed E-state index contributed by atoms with van der Waals surface area (Å²) >= 11 is 0. The Bertz CT molecular complexity index is 196. The highest BCUT2D eigenvalue weighted by Gasteiger charge is 2.35. The summed E-state index contributed by atoms with van der Waals surface area (Å²) in [7, 11) is 0. The molecule has 13 heavy (non-hydrogen) atoms. The van der Waals surface area contributed by atoms with Crippen LogP contribution in [0.1, 0.15) is 6.42 Å². The Morgan fingerprint density at radius 3 is 2.54 bits per heavy atom. The van der Waals surface area contributed by atoms with Crippen LogP contribution in [0.3, 0.4) is 0 Å². The van der Waals surface area contributed by atoms with E-state index in [1.54, 1.807) is 0 Å². The summed E-state index contributed by atoms with van der Waals surface area (Å²) in [6.45, 7) is 5.14. The van der Waals surface area contributed by atoms with Crippen molar-refractivity contribution >= 4 is 5.97 Å². The molecule has 2 rings (SSSR count). The van der Waals surface area contributed by atoms with Crippen molar-refractivity contribution in [2.75, 3.05) is 32.7 Å². The number of carbonyl (C=O) groups is 1. The second kappa shape index (κ2) is 3.64. The zero-order valence-electron chi connectivity index (χ0n) is 7.70. The van der Waals surface area contributed by atoms with E-state index in [0.717, 1.165) is 44.6 Å². The van der Waals surface area contributed by atoms with Gasteiger partial charge in [-0.2, -0.15) is 0 Å². The Hall–Kier alpha value is -0.610. The number of carboxylic acids is 1. The van der Waals surface area contributed by atoms with Gasteiger partial charge >= 0.3 is 5.97 Å². The van der Waals surface area contributed by atoms with Crippen LogP contribution in [0.5, 0.6) is 0 Å². The van der Waals surface area contributed by atoms with Gasteiger partial charge in [0, 0.05) is 19.6 Å². The number of nitrogens with one attached hydrogen (secondary N) is 1. The molecule has 2 heterocycles. The number of rotatable bonds is 3. The lowest BCUT2D eigenvalue weighted by Gasteiger charge is -2.14. The summed E-state index contributed by atoms with van der Waals surface area (Å²) in [5.41, 5.74) is 0. The van der Waals surface area contributed by atoms with Crippen molar-refractivity contribution in [3.05, 3.63) is 0 Å². The van der Waals surface area contributed by atoms with Crippen LogP contribution in [0.15, 0.2) is 0 Å². The van der Waals surface area contributed by atoms with Crippen LogP contribution in [-0.2, 0) is 4.79 Å². The van der Waals surface area contributed by atoms with Crippen molar-refractivity contribution in [3.63, 3.8) is 0 Å². The fourth-order valence-electron chi connectivity index (χ4n) is 2.39. The van der Waals surface area contributed by atoms with Gasteiger partial charge in [0.2, 0.25) is 0 Å². The van der Waals surface area contributed by atoms with Crippen molar-refractivity contribution in [1.82, 2.24) is 10.2 Å². The molecule has 0 saturated carbocycles. The lowest BCUT2D eigenvalue weighted by Crippen LogP contribution is -2.27. The second-order valence-electron chi connectivity index (χ2n) is 4.08. The van der Waals surface area contributed by atoms with Crippen molar-refractivity contribution in [1.29, 1.82) is 0 Å². The predicted molar refractivity (Wildman–Crippen MR) is 48.5 cm³/mol. The largest absolute Gasteiger partial charge is 0.481 e. The zero-order chi connectivity index (χ0) is 9.26. The van der Waals surface area contributed by atoms with E-state index < -0.39 is 5.97 Å². The first-order valence-corrected chi connectivity index (χ1v) is 4.90. The average molecular weight is 184 g/mol. The molecule has 0 bridgehead atoms. The third-order valence-corrected chi connectivity index (χ3v) is 3.11. The van der Waals surface area contributed by atoms with Crippen LogP contribution in [0.2, 0.25) is 0 Å². The minimum atomic E-state index is -0.685. The minimum Gasteiger partial charge on any atom is -0.481 e. The topological polar surface area (TPSA) is 52.6 Å². The van der Waals surface area contributed by atoms with Gasteiger partial charge in [-0.05, 0) is 24.9 Å². The van der Waals surface area contributed by atoms with E-state index in [2.05, 4.69) is 10.2 Å². The fourth-order valence-corrected chi connectivity index (χ4v) is 2.39. The van der Waals surface area contributed by atoms with E-state index in [9.17, 15) is 4.79 Å². The molecular weight excluding hydrogens is 168 g/mol. The molecule has 4 nitrogen and oxygen atoms in total. The Balaban J connectivity index is 1.75. The fraction of sp³-hybridized carbons (Fsp3) is 0.889. The van der Waals surface area contributed by atoms with Crippen molar-refractivity contribution in [2.24, 2.45) is 11.8 Å². The number of likely N-dealkylation sites (tertiary alicyclic amines) is 1. The molecule has 2 aliphatic rings. The van der Waals surface area contributed by atoms with Crippen molar-refractivity contribution in [3.8, 4) is 0 Å². The van der Waals surface area contributed by atoms with E-state index in [4.69, 9.17) is 5.11 Å². The van der Waals surface area contributed by atoms with Crippen LogP contribution in [0.4, 0.5) is 0 Å². The number of nitrogens with zero attached hydrogens (tertiary/aromatic N) is 1. The predicted octanol–water partition coefficient (Wildman–Crippen LogP) is -0.388. The quantitative estimate of drug-likeness (QED) is 0.627. The van der Waals surface area contributed by atoms with E-state index in [0.29, 0.717) is 0 Å². The Morgan fingerprint density at radius 2 is 2.00 bits per heavy atom. The van der Waals surface area contributed by atoms with Gasteiger partial charge in [-0.1, -0.05) is 0 Å². The van der Waals surface area contributed by atoms with E-state index in [-0.39, 0.29) is 6.42 Å². The number of carboxylic acid groups (broad SMARTS) is 1.